The summed E-state index contributed by atoms with van der Waals surface area (Å²) in [7, 11) is 0. The zero-order chi connectivity index (χ0) is 10.9. The first-order valence-corrected chi connectivity index (χ1v) is 5.40. The van der Waals surface area contributed by atoms with E-state index >= 15 is 0 Å². The molecule has 1 fully saturated rings. The van der Waals surface area contributed by atoms with Crippen molar-refractivity contribution in [2.24, 2.45) is 0 Å². The quantitative estimate of drug-likeness (QED) is 0.745. The third-order valence-electron chi connectivity index (χ3n) is 2.27. The van der Waals surface area contributed by atoms with E-state index in [4.69, 9.17) is 10.5 Å². The van der Waals surface area contributed by atoms with Gasteiger partial charge < -0.3 is 15.8 Å². The van der Waals surface area contributed by atoms with Crippen molar-refractivity contribution >= 4 is 22.4 Å². The molecule has 0 saturated carbocycles. The SMILES string of the molecule is CC1(NC(=O)c2nnc(N)s2)CCOC1. The maximum atomic E-state index is 11.7. The molecule has 1 unspecified atom stereocenters. The average Bonchev–Trinajstić information content (AvgIpc) is 2.75. The predicted molar refractivity (Wildman–Crippen MR) is 55.6 cm³/mol. The smallest absolute Gasteiger partial charge is 0.282 e. The van der Waals surface area contributed by atoms with Crippen LogP contribution in [0.3, 0.4) is 0 Å². The summed E-state index contributed by atoms with van der Waals surface area (Å²) in [6.45, 7) is 3.16. The molecule has 1 atom stereocenters. The van der Waals surface area contributed by atoms with Gasteiger partial charge in [-0.2, -0.15) is 0 Å². The summed E-state index contributed by atoms with van der Waals surface area (Å²) in [5.74, 6) is -0.239. The molecule has 3 N–H and O–H groups in total. The number of rotatable bonds is 2. The number of amides is 1. The minimum atomic E-state index is -0.294. The van der Waals surface area contributed by atoms with E-state index in [0.717, 1.165) is 17.8 Å². The van der Waals surface area contributed by atoms with Crippen LogP contribution in [0, 0.1) is 0 Å². The third-order valence-corrected chi connectivity index (χ3v) is 3.02. The first-order valence-electron chi connectivity index (χ1n) is 4.58. The standard InChI is InChI=1S/C8H12N4O2S/c1-8(2-3-14-4-8)10-5(13)6-11-12-7(9)15-6/h2-4H2,1H3,(H2,9,12)(H,10,13). The Bertz CT molecular complexity index is 372. The molecule has 1 aromatic rings. The van der Waals surface area contributed by atoms with Gasteiger partial charge in [0.1, 0.15) is 0 Å². The summed E-state index contributed by atoms with van der Waals surface area (Å²) < 4.78 is 5.23. The third kappa shape index (κ3) is 2.24. The molecule has 1 aliphatic heterocycles. The Hall–Kier alpha value is -1.21. The van der Waals surface area contributed by atoms with Crippen LogP contribution in [0.15, 0.2) is 0 Å². The molecule has 15 heavy (non-hydrogen) atoms. The van der Waals surface area contributed by atoms with Crippen LogP contribution < -0.4 is 11.1 Å². The number of aromatic nitrogens is 2. The average molecular weight is 228 g/mol. The van der Waals surface area contributed by atoms with Gasteiger partial charge in [0.25, 0.3) is 5.91 Å². The number of nitrogens with two attached hydrogens (primary N) is 1. The number of nitrogen functional groups attached to an aromatic ring is 1. The molecule has 6 nitrogen and oxygen atoms in total. The molecule has 82 valence electrons. The van der Waals surface area contributed by atoms with Crippen molar-refractivity contribution in [2.45, 2.75) is 18.9 Å². The number of carbonyl (C=O) groups excluding carboxylic acids is 1. The van der Waals surface area contributed by atoms with Gasteiger partial charge in [0, 0.05) is 6.61 Å². The Balaban J connectivity index is 2.03. The van der Waals surface area contributed by atoms with Crippen molar-refractivity contribution < 1.29 is 9.53 Å². The minimum Gasteiger partial charge on any atom is -0.379 e. The van der Waals surface area contributed by atoms with Crippen LogP contribution in [-0.2, 0) is 4.74 Å². The van der Waals surface area contributed by atoms with Gasteiger partial charge in [-0.25, -0.2) is 0 Å². The summed E-state index contributed by atoms with van der Waals surface area (Å²) in [6, 6.07) is 0. The van der Waals surface area contributed by atoms with Crippen molar-refractivity contribution in [2.75, 3.05) is 18.9 Å². The van der Waals surface area contributed by atoms with Crippen molar-refractivity contribution in [3.05, 3.63) is 5.01 Å². The van der Waals surface area contributed by atoms with Crippen LogP contribution in [0.2, 0.25) is 0 Å². The van der Waals surface area contributed by atoms with Crippen LogP contribution in [-0.4, -0.2) is 34.9 Å². The van der Waals surface area contributed by atoms with Crippen molar-refractivity contribution in [3.63, 3.8) is 0 Å². The molecule has 0 bridgehead atoms. The molecular weight excluding hydrogens is 216 g/mol. The van der Waals surface area contributed by atoms with E-state index in [1.807, 2.05) is 6.92 Å². The maximum Gasteiger partial charge on any atom is 0.282 e. The van der Waals surface area contributed by atoms with Gasteiger partial charge in [-0.15, -0.1) is 10.2 Å². The van der Waals surface area contributed by atoms with Crippen LogP contribution in [0.5, 0.6) is 0 Å². The lowest BCUT2D eigenvalue weighted by Gasteiger charge is -2.22. The normalized spacial score (nSPS) is 25.4. The summed E-state index contributed by atoms with van der Waals surface area (Å²) >= 11 is 1.08. The van der Waals surface area contributed by atoms with Crippen molar-refractivity contribution in [1.82, 2.24) is 15.5 Å². The Labute approximate surface area is 90.8 Å². The van der Waals surface area contributed by atoms with E-state index in [1.165, 1.54) is 0 Å². The lowest BCUT2D eigenvalue weighted by molar-refractivity contribution is 0.0889. The van der Waals surface area contributed by atoms with Gasteiger partial charge in [-0.1, -0.05) is 11.3 Å². The topological polar surface area (TPSA) is 90.1 Å². The molecule has 0 aromatic carbocycles. The lowest BCUT2D eigenvalue weighted by Crippen LogP contribution is -2.46. The van der Waals surface area contributed by atoms with E-state index in [1.54, 1.807) is 0 Å². The monoisotopic (exact) mass is 228 g/mol. The van der Waals surface area contributed by atoms with E-state index in [9.17, 15) is 4.79 Å². The number of anilines is 1. The molecule has 1 saturated heterocycles. The molecule has 0 aliphatic carbocycles. The zero-order valence-corrected chi connectivity index (χ0v) is 9.13. The lowest BCUT2D eigenvalue weighted by atomic mass is 10.0. The Kier molecular flexibility index (Phi) is 2.57. The fraction of sp³-hybridized carbons (Fsp3) is 0.625. The number of carbonyl (C=O) groups is 1. The van der Waals surface area contributed by atoms with Gasteiger partial charge in [-0.3, -0.25) is 4.79 Å². The first-order chi connectivity index (χ1) is 7.09. The van der Waals surface area contributed by atoms with E-state index in [0.29, 0.717) is 23.4 Å². The summed E-state index contributed by atoms with van der Waals surface area (Å²) in [6.07, 6.45) is 0.813. The van der Waals surface area contributed by atoms with Gasteiger partial charge in [0.2, 0.25) is 10.1 Å². The fourth-order valence-corrected chi connectivity index (χ4v) is 1.92. The molecule has 7 heteroatoms. The second-order valence-corrected chi connectivity index (χ2v) is 4.77. The van der Waals surface area contributed by atoms with Gasteiger partial charge in [-0.05, 0) is 13.3 Å². The summed E-state index contributed by atoms with van der Waals surface area (Å²) in [5, 5.41) is 10.7. The summed E-state index contributed by atoms with van der Waals surface area (Å²) in [5.41, 5.74) is 5.10. The van der Waals surface area contributed by atoms with Crippen LogP contribution in [0.4, 0.5) is 5.13 Å². The molecule has 2 heterocycles. The second-order valence-electron chi connectivity index (χ2n) is 3.76. The molecule has 1 amide bonds. The number of nitrogens with one attached hydrogen (secondary N) is 1. The van der Waals surface area contributed by atoms with Crippen molar-refractivity contribution in [1.29, 1.82) is 0 Å². The number of nitrogens with zero attached hydrogens (tertiary/aromatic N) is 2. The number of hydrogen-bond donors (Lipinski definition) is 2. The minimum absolute atomic E-state index is 0.239. The van der Waals surface area contributed by atoms with Gasteiger partial charge in [0.15, 0.2) is 0 Å². The highest BCUT2D eigenvalue weighted by atomic mass is 32.1. The maximum absolute atomic E-state index is 11.7. The predicted octanol–water partition coefficient (Wildman–Crippen LogP) is 0.0291. The molecule has 2 rings (SSSR count). The van der Waals surface area contributed by atoms with E-state index in [-0.39, 0.29) is 11.4 Å². The van der Waals surface area contributed by atoms with Crippen LogP contribution in [0.1, 0.15) is 23.1 Å². The van der Waals surface area contributed by atoms with Crippen molar-refractivity contribution in [3.8, 4) is 0 Å². The zero-order valence-electron chi connectivity index (χ0n) is 8.32. The number of hydrogen-bond acceptors (Lipinski definition) is 6. The highest BCUT2D eigenvalue weighted by Crippen LogP contribution is 2.19. The molecule has 1 aliphatic rings. The Morgan fingerprint density at radius 3 is 3.00 bits per heavy atom. The Morgan fingerprint density at radius 2 is 2.47 bits per heavy atom. The molecule has 0 radical (unpaired) electrons. The van der Waals surface area contributed by atoms with Crippen LogP contribution in [0.25, 0.3) is 0 Å². The fourth-order valence-electron chi connectivity index (χ4n) is 1.42. The van der Waals surface area contributed by atoms with Gasteiger partial charge in [0.05, 0.1) is 12.1 Å². The Morgan fingerprint density at radius 1 is 1.67 bits per heavy atom. The molecular formula is C8H12N4O2S. The van der Waals surface area contributed by atoms with Crippen LogP contribution >= 0.6 is 11.3 Å². The first kappa shape index (κ1) is 10.3. The molecule has 0 spiro atoms. The van der Waals surface area contributed by atoms with E-state index in [2.05, 4.69) is 15.5 Å². The van der Waals surface area contributed by atoms with E-state index < -0.39 is 0 Å². The number of ether oxygens (including phenoxy) is 1. The summed E-state index contributed by atoms with van der Waals surface area (Å²) in [4.78, 5) is 11.7. The second kappa shape index (κ2) is 3.74. The largest absolute Gasteiger partial charge is 0.379 e. The highest BCUT2D eigenvalue weighted by molar-refractivity contribution is 7.16. The molecule has 1 aromatic heterocycles. The highest BCUT2D eigenvalue weighted by Gasteiger charge is 2.32. The van der Waals surface area contributed by atoms with Gasteiger partial charge >= 0.3 is 0 Å².